The molecule has 2 aromatic rings. The molecule has 0 aromatic carbocycles. The van der Waals surface area contributed by atoms with E-state index in [1.807, 2.05) is 20.8 Å². The topological polar surface area (TPSA) is 80.0 Å². The summed E-state index contributed by atoms with van der Waals surface area (Å²) in [5.74, 6) is 1.17. The molecular formula is C14H18N4O2. The van der Waals surface area contributed by atoms with Crippen LogP contribution in [-0.4, -0.2) is 22.6 Å². The lowest BCUT2D eigenvalue weighted by Crippen LogP contribution is -2.23. The summed E-state index contributed by atoms with van der Waals surface area (Å²) in [6, 6.07) is 5.28. The molecule has 2 aromatic heterocycles. The van der Waals surface area contributed by atoms with Crippen molar-refractivity contribution in [1.29, 1.82) is 0 Å². The predicted octanol–water partition coefficient (Wildman–Crippen LogP) is 2.05. The van der Waals surface area contributed by atoms with Crippen LogP contribution >= 0.6 is 0 Å². The maximum atomic E-state index is 12.1. The van der Waals surface area contributed by atoms with E-state index in [2.05, 4.69) is 20.8 Å². The average Bonchev–Trinajstić information content (AvgIpc) is 2.81. The third kappa shape index (κ3) is 3.57. The number of aryl methyl sites for hydroxylation is 2. The zero-order chi connectivity index (χ0) is 14.5. The van der Waals surface area contributed by atoms with E-state index in [9.17, 15) is 4.79 Å². The lowest BCUT2D eigenvalue weighted by molar-refractivity contribution is 0.0947. The van der Waals surface area contributed by atoms with Crippen molar-refractivity contribution >= 4 is 11.7 Å². The first-order chi connectivity index (χ1) is 9.58. The fourth-order valence-electron chi connectivity index (χ4n) is 1.84. The molecule has 106 valence electrons. The maximum Gasteiger partial charge on any atom is 0.251 e. The lowest BCUT2D eigenvalue weighted by atomic mass is 10.2. The van der Waals surface area contributed by atoms with Gasteiger partial charge in [-0.1, -0.05) is 5.16 Å². The van der Waals surface area contributed by atoms with Crippen LogP contribution < -0.4 is 10.6 Å². The molecule has 0 bridgehead atoms. The number of carbonyl (C=O) groups excluding carboxylic acids is 1. The van der Waals surface area contributed by atoms with Crippen LogP contribution in [0.15, 0.2) is 22.7 Å². The Kier molecular flexibility index (Phi) is 4.34. The summed E-state index contributed by atoms with van der Waals surface area (Å²) < 4.78 is 5.05. The Balaban J connectivity index is 2.04. The second-order valence-corrected chi connectivity index (χ2v) is 4.53. The quantitative estimate of drug-likeness (QED) is 0.872. The zero-order valence-electron chi connectivity index (χ0n) is 11.9. The summed E-state index contributed by atoms with van der Waals surface area (Å²) in [6.45, 7) is 6.75. The van der Waals surface area contributed by atoms with E-state index in [0.29, 0.717) is 23.7 Å². The minimum absolute atomic E-state index is 0.163. The number of pyridine rings is 1. The van der Waals surface area contributed by atoms with E-state index in [-0.39, 0.29) is 5.91 Å². The standard InChI is InChI=1S/C14H18N4O2/c1-4-15-13-7-11(5-9(2)17-13)14(19)16-8-12-6-10(3)18-20-12/h5-7H,4,8H2,1-3H3,(H,15,17)(H,16,19). The lowest BCUT2D eigenvalue weighted by Gasteiger charge is -2.07. The summed E-state index contributed by atoms with van der Waals surface area (Å²) >= 11 is 0. The van der Waals surface area contributed by atoms with Gasteiger partial charge in [0.05, 0.1) is 12.2 Å². The Morgan fingerprint density at radius 2 is 2.05 bits per heavy atom. The third-order valence-electron chi connectivity index (χ3n) is 2.67. The van der Waals surface area contributed by atoms with E-state index in [1.165, 1.54) is 0 Å². The highest BCUT2D eigenvalue weighted by Gasteiger charge is 2.09. The Bertz CT molecular complexity index is 607. The molecule has 2 heterocycles. The zero-order valence-corrected chi connectivity index (χ0v) is 11.9. The number of nitrogens with zero attached hydrogens (tertiary/aromatic N) is 2. The highest BCUT2D eigenvalue weighted by molar-refractivity contribution is 5.94. The number of hydrogen-bond donors (Lipinski definition) is 2. The van der Waals surface area contributed by atoms with Crippen LogP contribution in [0.1, 0.15) is 34.4 Å². The monoisotopic (exact) mass is 274 g/mol. The Morgan fingerprint density at radius 3 is 2.70 bits per heavy atom. The fourth-order valence-corrected chi connectivity index (χ4v) is 1.84. The van der Waals surface area contributed by atoms with Gasteiger partial charge in [0.25, 0.3) is 5.91 Å². The van der Waals surface area contributed by atoms with Crippen LogP contribution in [0.2, 0.25) is 0 Å². The molecule has 2 N–H and O–H groups in total. The molecule has 0 fully saturated rings. The minimum Gasteiger partial charge on any atom is -0.370 e. The second-order valence-electron chi connectivity index (χ2n) is 4.53. The van der Waals surface area contributed by atoms with E-state index in [4.69, 9.17) is 4.52 Å². The van der Waals surface area contributed by atoms with Crippen LogP contribution in [-0.2, 0) is 6.54 Å². The molecule has 0 saturated heterocycles. The summed E-state index contributed by atoms with van der Waals surface area (Å²) in [5, 5.41) is 9.67. The number of nitrogens with one attached hydrogen (secondary N) is 2. The van der Waals surface area contributed by atoms with Crippen molar-refractivity contribution in [2.75, 3.05) is 11.9 Å². The molecule has 0 unspecified atom stereocenters. The van der Waals surface area contributed by atoms with E-state index >= 15 is 0 Å². The maximum absolute atomic E-state index is 12.1. The van der Waals surface area contributed by atoms with E-state index in [0.717, 1.165) is 17.9 Å². The number of anilines is 1. The van der Waals surface area contributed by atoms with Crippen LogP contribution in [0.4, 0.5) is 5.82 Å². The average molecular weight is 274 g/mol. The van der Waals surface area contributed by atoms with Gasteiger partial charge in [-0.2, -0.15) is 0 Å². The number of carbonyl (C=O) groups is 1. The van der Waals surface area contributed by atoms with Crippen LogP contribution in [0.3, 0.4) is 0 Å². The van der Waals surface area contributed by atoms with Crippen molar-refractivity contribution in [3.63, 3.8) is 0 Å². The molecule has 6 heteroatoms. The van der Waals surface area contributed by atoms with Gasteiger partial charge in [0.15, 0.2) is 5.76 Å². The molecule has 6 nitrogen and oxygen atoms in total. The molecular weight excluding hydrogens is 256 g/mol. The summed E-state index contributed by atoms with van der Waals surface area (Å²) in [7, 11) is 0. The number of rotatable bonds is 5. The molecule has 0 spiro atoms. The van der Waals surface area contributed by atoms with Crippen molar-refractivity contribution in [1.82, 2.24) is 15.5 Å². The van der Waals surface area contributed by atoms with Gasteiger partial charge < -0.3 is 15.2 Å². The first-order valence-corrected chi connectivity index (χ1v) is 6.51. The van der Waals surface area contributed by atoms with Crippen molar-refractivity contribution in [2.45, 2.75) is 27.3 Å². The number of hydrogen-bond acceptors (Lipinski definition) is 5. The molecule has 0 aliphatic rings. The molecule has 2 rings (SSSR count). The summed E-state index contributed by atoms with van der Waals surface area (Å²) in [4.78, 5) is 16.4. The van der Waals surface area contributed by atoms with Crippen LogP contribution in [0.5, 0.6) is 0 Å². The normalized spacial score (nSPS) is 10.3. The second kappa shape index (κ2) is 6.18. The van der Waals surface area contributed by atoms with E-state index < -0.39 is 0 Å². The first kappa shape index (κ1) is 14.0. The van der Waals surface area contributed by atoms with Crippen LogP contribution in [0, 0.1) is 13.8 Å². The smallest absolute Gasteiger partial charge is 0.251 e. The fraction of sp³-hybridized carbons (Fsp3) is 0.357. The molecule has 1 amide bonds. The first-order valence-electron chi connectivity index (χ1n) is 6.51. The third-order valence-corrected chi connectivity index (χ3v) is 2.67. The van der Waals surface area contributed by atoms with Crippen LogP contribution in [0.25, 0.3) is 0 Å². The van der Waals surface area contributed by atoms with Gasteiger partial charge in [-0.05, 0) is 32.9 Å². The van der Waals surface area contributed by atoms with E-state index in [1.54, 1.807) is 18.2 Å². The Hall–Kier alpha value is -2.37. The van der Waals surface area contributed by atoms with Gasteiger partial charge in [-0.3, -0.25) is 4.79 Å². The van der Waals surface area contributed by atoms with Gasteiger partial charge >= 0.3 is 0 Å². The van der Waals surface area contributed by atoms with Gasteiger partial charge in [-0.25, -0.2) is 4.98 Å². The minimum atomic E-state index is -0.163. The SMILES string of the molecule is CCNc1cc(C(=O)NCc2cc(C)no2)cc(C)n1. The Labute approximate surface area is 117 Å². The Morgan fingerprint density at radius 1 is 1.25 bits per heavy atom. The highest BCUT2D eigenvalue weighted by atomic mass is 16.5. The van der Waals surface area contributed by atoms with Gasteiger partial charge in [0.1, 0.15) is 5.82 Å². The van der Waals surface area contributed by atoms with Gasteiger partial charge in [-0.15, -0.1) is 0 Å². The molecule has 20 heavy (non-hydrogen) atoms. The van der Waals surface area contributed by atoms with Gasteiger partial charge in [0, 0.05) is 23.9 Å². The van der Waals surface area contributed by atoms with Crippen molar-refractivity contribution in [2.24, 2.45) is 0 Å². The van der Waals surface area contributed by atoms with Crippen molar-refractivity contribution in [3.8, 4) is 0 Å². The number of aromatic nitrogens is 2. The molecule has 0 radical (unpaired) electrons. The molecule has 0 saturated carbocycles. The molecule has 0 aliphatic heterocycles. The molecule has 0 atom stereocenters. The number of amides is 1. The van der Waals surface area contributed by atoms with Crippen molar-refractivity contribution in [3.05, 3.63) is 40.9 Å². The molecule has 0 aliphatic carbocycles. The predicted molar refractivity (Wildman–Crippen MR) is 75.5 cm³/mol. The highest BCUT2D eigenvalue weighted by Crippen LogP contribution is 2.10. The van der Waals surface area contributed by atoms with Gasteiger partial charge in [0.2, 0.25) is 0 Å². The largest absolute Gasteiger partial charge is 0.370 e. The summed E-state index contributed by atoms with van der Waals surface area (Å²) in [5.41, 5.74) is 2.16. The summed E-state index contributed by atoms with van der Waals surface area (Å²) in [6.07, 6.45) is 0. The van der Waals surface area contributed by atoms with Crippen molar-refractivity contribution < 1.29 is 9.32 Å².